The zero-order valence-corrected chi connectivity index (χ0v) is 15.4. The van der Waals surface area contributed by atoms with Crippen LogP contribution in [-0.4, -0.2) is 41.4 Å². The van der Waals surface area contributed by atoms with Gasteiger partial charge in [-0.05, 0) is 31.0 Å². The summed E-state index contributed by atoms with van der Waals surface area (Å²) in [5, 5.41) is 12.8. The van der Waals surface area contributed by atoms with Crippen molar-refractivity contribution in [2.75, 3.05) is 20.3 Å². The summed E-state index contributed by atoms with van der Waals surface area (Å²) in [6.45, 7) is 5.50. The van der Waals surface area contributed by atoms with E-state index < -0.39 is 0 Å². The third-order valence-corrected chi connectivity index (χ3v) is 5.22. The lowest BCUT2D eigenvalue weighted by Crippen LogP contribution is -2.38. The molecule has 2 amide bonds. The van der Waals surface area contributed by atoms with Crippen molar-refractivity contribution in [1.29, 1.82) is 0 Å². The number of benzene rings is 1. The first-order valence-electron chi connectivity index (χ1n) is 8.30. The van der Waals surface area contributed by atoms with Gasteiger partial charge in [0.15, 0.2) is 11.5 Å². The number of ether oxygens (including phenoxy) is 2. The molecule has 0 spiro atoms. The standard InChI is InChI=1S/C17H22N4O3S/c1-4-15-19-20-16(25-15)10-18-17(22)21(3)11(2)12-5-6-13-14(9-12)24-8-7-23-13/h5-6,9,11H,4,7-8,10H2,1-3H3,(H,18,22)/t11-/m0/s1. The van der Waals surface area contributed by atoms with Gasteiger partial charge in [0.05, 0.1) is 12.6 Å². The van der Waals surface area contributed by atoms with Crippen LogP contribution in [0.1, 0.15) is 35.5 Å². The van der Waals surface area contributed by atoms with Gasteiger partial charge in [-0.15, -0.1) is 10.2 Å². The molecule has 25 heavy (non-hydrogen) atoms. The normalized spacial score (nSPS) is 14.0. The Morgan fingerprint density at radius 1 is 1.28 bits per heavy atom. The largest absolute Gasteiger partial charge is 0.486 e. The van der Waals surface area contributed by atoms with E-state index in [9.17, 15) is 4.79 Å². The summed E-state index contributed by atoms with van der Waals surface area (Å²) in [5.74, 6) is 1.47. The molecule has 0 aliphatic carbocycles. The van der Waals surface area contributed by atoms with E-state index in [1.165, 1.54) is 11.3 Å². The van der Waals surface area contributed by atoms with E-state index in [0.717, 1.165) is 33.5 Å². The Hall–Kier alpha value is -2.35. The minimum Gasteiger partial charge on any atom is -0.486 e. The first-order valence-corrected chi connectivity index (χ1v) is 9.11. The van der Waals surface area contributed by atoms with Crippen molar-refractivity contribution in [2.24, 2.45) is 0 Å². The number of carbonyl (C=O) groups excluding carboxylic acids is 1. The zero-order valence-electron chi connectivity index (χ0n) is 14.6. The molecule has 8 heteroatoms. The quantitative estimate of drug-likeness (QED) is 0.885. The molecule has 1 aromatic carbocycles. The fraction of sp³-hybridized carbons (Fsp3) is 0.471. The van der Waals surface area contributed by atoms with Gasteiger partial charge in [-0.1, -0.05) is 24.3 Å². The molecule has 134 valence electrons. The Kier molecular flexibility index (Phi) is 5.37. The number of aromatic nitrogens is 2. The number of nitrogens with zero attached hydrogens (tertiary/aromatic N) is 3. The predicted octanol–water partition coefficient (Wildman–Crippen LogP) is 2.77. The Bertz CT molecular complexity index is 749. The number of nitrogens with one attached hydrogen (secondary N) is 1. The zero-order chi connectivity index (χ0) is 17.8. The Balaban J connectivity index is 1.61. The molecule has 1 atom stereocenters. The van der Waals surface area contributed by atoms with Gasteiger partial charge in [0.25, 0.3) is 0 Å². The van der Waals surface area contributed by atoms with Gasteiger partial charge < -0.3 is 19.7 Å². The number of aryl methyl sites for hydroxylation is 1. The molecule has 2 heterocycles. The molecule has 7 nitrogen and oxygen atoms in total. The summed E-state index contributed by atoms with van der Waals surface area (Å²) < 4.78 is 11.2. The highest BCUT2D eigenvalue weighted by molar-refractivity contribution is 7.11. The number of carbonyl (C=O) groups is 1. The van der Waals surface area contributed by atoms with Crippen LogP contribution in [0.5, 0.6) is 11.5 Å². The van der Waals surface area contributed by atoms with E-state index in [0.29, 0.717) is 19.8 Å². The van der Waals surface area contributed by atoms with Crippen LogP contribution < -0.4 is 14.8 Å². The molecule has 1 N–H and O–H groups in total. The second-order valence-electron chi connectivity index (χ2n) is 5.79. The third-order valence-electron chi connectivity index (χ3n) is 4.15. The number of urea groups is 1. The summed E-state index contributed by atoms with van der Waals surface area (Å²) in [7, 11) is 1.77. The molecule has 0 radical (unpaired) electrons. The average Bonchev–Trinajstić information content (AvgIpc) is 3.12. The molecule has 0 bridgehead atoms. The lowest BCUT2D eigenvalue weighted by molar-refractivity contribution is 0.170. The summed E-state index contributed by atoms with van der Waals surface area (Å²) >= 11 is 1.52. The number of hydrogen-bond donors (Lipinski definition) is 1. The van der Waals surface area contributed by atoms with Gasteiger partial charge in [0, 0.05) is 7.05 Å². The number of rotatable bonds is 5. The summed E-state index contributed by atoms with van der Waals surface area (Å²) in [5.41, 5.74) is 0.992. The third kappa shape index (κ3) is 4.01. The second-order valence-corrected chi connectivity index (χ2v) is 6.94. The highest BCUT2D eigenvalue weighted by atomic mass is 32.1. The average molecular weight is 362 g/mol. The van der Waals surface area contributed by atoms with E-state index in [-0.39, 0.29) is 12.1 Å². The lowest BCUT2D eigenvalue weighted by atomic mass is 10.1. The van der Waals surface area contributed by atoms with E-state index in [4.69, 9.17) is 9.47 Å². The first kappa shape index (κ1) is 17.5. The second kappa shape index (κ2) is 7.69. The molecule has 1 aliphatic heterocycles. The molecular weight excluding hydrogens is 340 g/mol. The van der Waals surface area contributed by atoms with Gasteiger partial charge >= 0.3 is 6.03 Å². The van der Waals surface area contributed by atoms with Crippen molar-refractivity contribution in [1.82, 2.24) is 20.4 Å². The highest BCUT2D eigenvalue weighted by Gasteiger charge is 2.20. The van der Waals surface area contributed by atoms with Crippen LogP contribution in [0.2, 0.25) is 0 Å². The van der Waals surface area contributed by atoms with Crippen LogP contribution in [0.25, 0.3) is 0 Å². The Morgan fingerprint density at radius 2 is 2.00 bits per heavy atom. The maximum absolute atomic E-state index is 12.4. The van der Waals surface area contributed by atoms with Crippen molar-refractivity contribution >= 4 is 17.4 Å². The number of amides is 2. The molecule has 1 aliphatic rings. The maximum atomic E-state index is 12.4. The SMILES string of the molecule is CCc1nnc(CNC(=O)N(C)[C@@H](C)c2ccc3c(c2)OCCO3)s1. The Morgan fingerprint density at radius 3 is 2.72 bits per heavy atom. The Labute approximate surface area is 151 Å². The predicted molar refractivity (Wildman–Crippen MR) is 95.1 cm³/mol. The number of hydrogen-bond acceptors (Lipinski definition) is 6. The van der Waals surface area contributed by atoms with Crippen molar-refractivity contribution in [2.45, 2.75) is 32.9 Å². The van der Waals surface area contributed by atoms with E-state index in [1.807, 2.05) is 32.0 Å². The van der Waals surface area contributed by atoms with E-state index >= 15 is 0 Å². The molecule has 1 aromatic heterocycles. The van der Waals surface area contributed by atoms with Crippen LogP contribution in [-0.2, 0) is 13.0 Å². The van der Waals surface area contributed by atoms with Crippen LogP contribution in [0.3, 0.4) is 0 Å². The van der Waals surface area contributed by atoms with Gasteiger partial charge in [-0.3, -0.25) is 0 Å². The molecule has 3 rings (SSSR count). The van der Waals surface area contributed by atoms with Gasteiger partial charge in [-0.2, -0.15) is 0 Å². The van der Waals surface area contributed by atoms with Gasteiger partial charge in [-0.25, -0.2) is 4.79 Å². The van der Waals surface area contributed by atoms with Gasteiger partial charge in [0.2, 0.25) is 0 Å². The van der Waals surface area contributed by atoms with Crippen molar-refractivity contribution < 1.29 is 14.3 Å². The minimum atomic E-state index is -0.157. The van der Waals surface area contributed by atoms with Crippen molar-refractivity contribution in [3.05, 3.63) is 33.8 Å². The van der Waals surface area contributed by atoms with Crippen LogP contribution in [0.4, 0.5) is 4.79 Å². The van der Waals surface area contributed by atoms with Gasteiger partial charge in [0.1, 0.15) is 23.2 Å². The minimum absolute atomic E-state index is 0.101. The monoisotopic (exact) mass is 362 g/mol. The molecular formula is C17H22N4O3S. The van der Waals surface area contributed by atoms with Crippen molar-refractivity contribution in [3.8, 4) is 11.5 Å². The molecule has 2 aromatic rings. The van der Waals surface area contributed by atoms with Crippen LogP contribution >= 0.6 is 11.3 Å². The summed E-state index contributed by atoms with van der Waals surface area (Å²) in [6.07, 6.45) is 0.854. The lowest BCUT2D eigenvalue weighted by Gasteiger charge is -2.27. The molecule has 0 saturated carbocycles. The fourth-order valence-electron chi connectivity index (χ4n) is 2.50. The van der Waals surface area contributed by atoms with Crippen LogP contribution in [0, 0.1) is 0 Å². The highest BCUT2D eigenvalue weighted by Crippen LogP contribution is 2.33. The molecule has 0 saturated heterocycles. The summed E-state index contributed by atoms with van der Waals surface area (Å²) in [6, 6.07) is 5.52. The van der Waals surface area contributed by atoms with E-state index in [1.54, 1.807) is 11.9 Å². The summed E-state index contributed by atoms with van der Waals surface area (Å²) in [4.78, 5) is 14.1. The number of fused-ring (bicyclic) bond motifs is 1. The molecule has 0 fully saturated rings. The van der Waals surface area contributed by atoms with Crippen molar-refractivity contribution in [3.63, 3.8) is 0 Å². The smallest absolute Gasteiger partial charge is 0.317 e. The first-order chi connectivity index (χ1) is 12.1. The van der Waals surface area contributed by atoms with E-state index in [2.05, 4.69) is 15.5 Å². The molecule has 0 unspecified atom stereocenters. The van der Waals surface area contributed by atoms with Crippen LogP contribution in [0.15, 0.2) is 18.2 Å². The fourth-order valence-corrected chi connectivity index (χ4v) is 3.22. The topological polar surface area (TPSA) is 76.6 Å². The maximum Gasteiger partial charge on any atom is 0.317 e.